The van der Waals surface area contributed by atoms with Gasteiger partial charge < -0.3 is 20.7 Å². The number of nitrogens with one attached hydrogen (secondary N) is 4. The lowest BCUT2D eigenvalue weighted by Crippen LogP contribution is -2.11. The molecule has 1 aliphatic heterocycles. The molecule has 192 valence electrons. The van der Waals surface area contributed by atoms with Crippen LogP contribution in [0.3, 0.4) is 0 Å². The van der Waals surface area contributed by atoms with Gasteiger partial charge >= 0.3 is 0 Å². The monoisotopic (exact) mass is 584 g/mol. The predicted octanol–water partition coefficient (Wildman–Crippen LogP) is 4.47. The van der Waals surface area contributed by atoms with Crippen LogP contribution in [0.2, 0.25) is 0 Å². The highest BCUT2D eigenvalue weighted by Crippen LogP contribution is 2.41. The van der Waals surface area contributed by atoms with Crippen molar-refractivity contribution in [3.05, 3.63) is 59.0 Å². The molecule has 4 aromatic rings. The Balaban J connectivity index is 1.49. The molecule has 3 heterocycles. The molecule has 0 fully saturated rings. The second-order valence-electron chi connectivity index (χ2n) is 8.46. The first-order chi connectivity index (χ1) is 17.7. The zero-order chi connectivity index (χ0) is 26.2. The molecule has 0 amide bonds. The number of aryl methyl sites for hydroxylation is 1. The molecule has 0 bridgehead atoms. The maximum Gasteiger partial charge on any atom is 0.229 e. The second kappa shape index (κ2) is 9.90. The summed E-state index contributed by atoms with van der Waals surface area (Å²) < 4.78 is 34.2. The number of hydrogen-bond acceptors (Lipinski definition) is 9. The molecule has 0 aliphatic carbocycles. The minimum absolute atomic E-state index is 0.325. The third-order valence-electron chi connectivity index (χ3n) is 5.83. The van der Waals surface area contributed by atoms with Crippen LogP contribution < -0.4 is 25.4 Å². The van der Waals surface area contributed by atoms with Crippen LogP contribution in [0.15, 0.2) is 53.3 Å². The lowest BCUT2D eigenvalue weighted by molar-refractivity contribution is 0.417. The van der Waals surface area contributed by atoms with Crippen molar-refractivity contribution in [1.82, 2.24) is 19.7 Å². The maximum atomic E-state index is 11.8. The highest BCUT2D eigenvalue weighted by Gasteiger charge is 2.21. The molecule has 4 N–H and O–H groups in total. The molecular weight excluding hydrogens is 560 g/mol. The van der Waals surface area contributed by atoms with E-state index >= 15 is 0 Å². The van der Waals surface area contributed by atoms with E-state index in [1.165, 1.54) is 0 Å². The lowest BCUT2D eigenvalue weighted by Gasteiger charge is -2.17. The Morgan fingerprint density at radius 2 is 1.86 bits per heavy atom. The van der Waals surface area contributed by atoms with Crippen molar-refractivity contribution in [2.24, 2.45) is 7.05 Å². The smallest absolute Gasteiger partial charge is 0.229 e. The van der Waals surface area contributed by atoms with Gasteiger partial charge in [0.25, 0.3) is 0 Å². The number of sulfonamides is 1. The molecule has 0 radical (unpaired) electrons. The van der Waals surface area contributed by atoms with Crippen LogP contribution in [0.4, 0.5) is 34.5 Å². The van der Waals surface area contributed by atoms with Gasteiger partial charge in [-0.2, -0.15) is 10.1 Å². The van der Waals surface area contributed by atoms with Crippen LogP contribution in [-0.4, -0.2) is 48.1 Å². The number of anilines is 6. The highest BCUT2D eigenvalue weighted by molar-refractivity contribution is 9.10. The van der Waals surface area contributed by atoms with Gasteiger partial charge in [0.1, 0.15) is 11.6 Å². The Bertz CT molecular complexity index is 1590. The van der Waals surface area contributed by atoms with E-state index in [1.54, 1.807) is 37.6 Å². The molecule has 0 atom stereocenters. The fourth-order valence-electron chi connectivity index (χ4n) is 4.16. The van der Waals surface area contributed by atoms with E-state index in [0.29, 0.717) is 39.1 Å². The summed E-state index contributed by atoms with van der Waals surface area (Å²) in [5.74, 6) is 1.40. The van der Waals surface area contributed by atoms with Gasteiger partial charge in [0.15, 0.2) is 0 Å². The summed E-state index contributed by atoms with van der Waals surface area (Å²) in [5, 5.41) is 14.4. The number of fused-ring (bicyclic) bond motifs is 3. The van der Waals surface area contributed by atoms with E-state index in [2.05, 4.69) is 51.7 Å². The first-order valence-electron chi connectivity index (χ1n) is 11.3. The highest BCUT2D eigenvalue weighted by atomic mass is 79.9. The van der Waals surface area contributed by atoms with Crippen molar-refractivity contribution in [3.63, 3.8) is 0 Å². The molecule has 0 unspecified atom stereocenters. The Hall–Kier alpha value is -3.84. The molecule has 2 aromatic heterocycles. The van der Waals surface area contributed by atoms with Crippen LogP contribution >= 0.6 is 15.9 Å². The number of aromatic nitrogens is 4. The number of methoxy groups -OCH3 is 1. The maximum absolute atomic E-state index is 11.8. The molecule has 37 heavy (non-hydrogen) atoms. The third kappa shape index (κ3) is 5.32. The van der Waals surface area contributed by atoms with E-state index in [0.717, 1.165) is 41.7 Å². The van der Waals surface area contributed by atoms with Gasteiger partial charge in [-0.05, 0) is 34.1 Å². The van der Waals surface area contributed by atoms with Crippen molar-refractivity contribution in [1.29, 1.82) is 0 Å². The molecule has 0 saturated heterocycles. The molecule has 0 saturated carbocycles. The van der Waals surface area contributed by atoms with Crippen LogP contribution in [0.25, 0.3) is 11.1 Å². The summed E-state index contributed by atoms with van der Waals surface area (Å²) in [6.45, 7) is 0.788. The molecule has 2 aromatic carbocycles. The van der Waals surface area contributed by atoms with Crippen molar-refractivity contribution in [2.45, 2.75) is 6.42 Å². The Morgan fingerprint density at radius 1 is 1.08 bits per heavy atom. The average Bonchev–Trinajstić information content (AvgIpc) is 3.11. The quantitative estimate of drug-likeness (QED) is 0.248. The summed E-state index contributed by atoms with van der Waals surface area (Å²) in [7, 11) is 0.0957. The number of halogens is 1. The fraction of sp³-hybridized carbons (Fsp3) is 0.208. The molecule has 5 rings (SSSR count). The van der Waals surface area contributed by atoms with Crippen LogP contribution in [-0.2, 0) is 23.5 Å². The van der Waals surface area contributed by atoms with Crippen molar-refractivity contribution < 1.29 is 13.2 Å². The predicted molar refractivity (Wildman–Crippen MR) is 149 cm³/mol. The minimum atomic E-state index is -3.46. The molecule has 13 heteroatoms. The van der Waals surface area contributed by atoms with Gasteiger partial charge in [0.05, 0.1) is 41.1 Å². The summed E-state index contributed by atoms with van der Waals surface area (Å²) in [6, 6.07) is 10.9. The largest absolute Gasteiger partial charge is 0.494 e. The fourth-order valence-corrected chi connectivity index (χ4v) is 5.03. The first kappa shape index (κ1) is 24.8. The summed E-state index contributed by atoms with van der Waals surface area (Å²) in [6.07, 6.45) is 5.44. The van der Waals surface area contributed by atoms with Crippen LogP contribution in [0.5, 0.6) is 5.75 Å². The number of ether oxygens (including phenoxy) is 1. The van der Waals surface area contributed by atoms with Crippen molar-refractivity contribution >= 4 is 60.5 Å². The van der Waals surface area contributed by atoms with Gasteiger partial charge in [-0.15, -0.1) is 0 Å². The van der Waals surface area contributed by atoms with Crippen molar-refractivity contribution in [3.8, 4) is 16.9 Å². The van der Waals surface area contributed by atoms with E-state index in [4.69, 9.17) is 4.74 Å². The number of hydrogen-bond donors (Lipinski definition) is 4. The molecule has 0 spiro atoms. The zero-order valence-electron chi connectivity index (χ0n) is 20.3. The number of benzene rings is 2. The molecule has 1 aliphatic rings. The van der Waals surface area contributed by atoms with Gasteiger partial charge in [-0.25, -0.2) is 13.4 Å². The summed E-state index contributed by atoms with van der Waals surface area (Å²) in [5.41, 5.74) is 5.79. The minimum Gasteiger partial charge on any atom is -0.494 e. The van der Waals surface area contributed by atoms with E-state index in [9.17, 15) is 8.42 Å². The summed E-state index contributed by atoms with van der Waals surface area (Å²) >= 11 is 3.47. The van der Waals surface area contributed by atoms with E-state index in [1.807, 2.05) is 30.1 Å². The third-order valence-corrected chi connectivity index (χ3v) is 7.01. The Morgan fingerprint density at radius 3 is 2.62 bits per heavy atom. The van der Waals surface area contributed by atoms with E-state index < -0.39 is 10.0 Å². The Kier molecular flexibility index (Phi) is 6.65. The van der Waals surface area contributed by atoms with Crippen LogP contribution in [0, 0.1) is 0 Å². The van der Waals surface area contributed by atoms with Crippen molar-refractivity contribution in [2.75, 3.05) is 40.6 Å². The summed E-state index contributed by atoms with van der Waals surface area (Å²) in [4.78, 5) is 9.01. The SMILES string of the molecule is COc1cc2c(cc1Nc1ncc(Br)c(Nc3ccccc3NS(C)(=O)=O)n1)-c1cnn(C)c1CCN2. The molecule has 11 nitrogen and oxygen atoms in total. The standard InChI is InChI=1S/C24H25BrN8O3S/c1-33-21-8-9-26-19-11-22(36-2)20(10-14(19)15(21)12-28-33)30-24-27-13-16(25)23(31-24)29-17-6-4-5-7-18(17)32-37(3,34)35/h4-7,10-13,26,32H,8-9H2,1-3H3,(H2,27,29,30,31). The van der Waals surface area contributed by atoms with Gasteiger partial charge in [-0.1, -0.05) is 12.1 Å². The number of para-hydroxylation sites is 2. The Labute approximate surface area is 222 Å². The first-order valence-corrected chi connectivity index (χ1v) is 14.0. The van der Waals surface area contributed by atoms with E-state index in [-0.39, 0.29) is 0 Å². The topological polar surface area (TPSA) is 135 Å². The zero-order valence-corrected chi connectivity index (χ0v) is 22.7. The average molecular weight is 585 g/mol. The molecular formula is C24H25BrN8O3S. The second-order valence-corrected chi connectivity index (χ2v) is 11.1. The normalized spacial score (nSPS) is 12.5. The van der Waals surface area contributed by atoms with Crippen LogP contribution in [0.1, 0.15) is 5.69 Å². The lowest BCUT2D eigenvalue weighted by atomic mass is 10.0. The van der Waals surface area contributed by atoms with Gasteiger partial charge in [-0.3, -0.25) is 9.40 Å². The number of nitrogens with zero attached hydrogens (tertiary/aromatic N) is 4. The number of rotatable bonds is 7. The van der Waals surface area contributed by atoms with Gasteiger partial charge in [0.2, 0.25) is 16.0 Å². The van der Waals surface area contributed by atoms with Gasteiger partial charge in [0, 0.05) is 54.8 Å².